The highest BCUT2D eigenvalue weighted by molar-refractivity contribution is 6.02. The number of carbonyl (C=O) groups is 1. The van der Waals surface area contributed by atoms with E-state index in [0.717, 1.165) is 44.0 Å². The molecule has 30 heavy (non-hydrogen) atoms. The molecule has 2 amide bonds. The molecule has 8 nitrogen and oxygen atoms in total. The molecule has 0 aromatic carbocycles. The van der Waals surface area contributed by atoms with Crippen LogP contribution in [0.5, 0.6) is 0 Å². The van der Waals surface area contributed by atoms with Crippen molar-refractivity contribution in [3.8, 4) is 0 Å². The third-order valence-corrected chi connectivity index (χ3v) is 5.26. The van der Waals surface area contributed by atoms with Crippen LogP contribution in [0.4, 0.5) is 27.9 Å². The van der Waals surface area contributed by atoms with Crippen LogP contribution in [0.15, 0.2) is 30.7 Å². The van der Waals surface area contributed by atoms with Crippen LogP contribution in [-0.4, -0.2) is 47.2 Å². The van der Waals surface area contributed by atoms with Gasteiger partial charge in [0, 0.05) is 38.6 Å². The summed E-state index contributed by atoms with van der Waals surface area (Å²) in [5.74, 6) is 2.71. The molecule has 2 aliphatic rings. The molecule has 1 fully saturated rings. The summed E-state index contributed by atoms with van der Waals surface area (Å²) >= 11 is 0. The number of amides is 2. The molecule has 0 radical (unpaired) electrons. The molecule has 4 heterocycles. The van der Waals surface area contributed by atoms with Gasteiger partial charge in [-0.3, -0.25) is 15.2 Å². The van der Waals surface area contributed by atoms with Crippen molar-refractivity contribution in [3.05, 3.63) is 30.7 Å². The lowest BCUT2D eigenvalue weighted by Crippen LogP contribution is -2.39. The van der Waals surface area contributed by atoms with Crippen LogP contribution in [-0.2, 0) is 0 Å². The monoisotopic (exact) mass is 411 g/mol. The van der Waals surface area contributed by atoms with E-state index in [1.165, 1.54) is 12.8 Å². The van der Waals surface area contributed by atoms with Crippen LogP contribution >= 0.6 is 0 Å². The average molecular weight is 412 g/mol. The summed E-state index contributed by atoms with van der Waals surface area (Å²) < 4.78 is 0. The smallest absolute Gasteiger partial charge is 0.328 e. The number of pyridine rings is 1. The highest BCUT2D eigenvalue weighted by Gasteiger charge is 2.25. The summed E-state index contributed by atoms with van der Waals surface area (Å²) in [6, 6.07) is 3.87. The fourth-order valence-corrected chi connectivity index (χ4v) is 3.82. The van der Waals surface area contributed by atoms with Crippen molar-refractivity contribution in [3.63, 3.8) is 0 Å². The summed E-state index contributed by atoms with van der Waals surface area (Å²) in [5, 5.41) is 6.26. The Morgan fingerprint density at radius 1 is 1.17 bits per heavy atom. The standard InChI is InChI=1S/C20H27N7O.C2H6/c1-15-5-4-11-26(14-15)18-7-6-16-19(25-18)27(12-3-2-8-22-16)20(28)24-17-13-21-9-10-23-17;1-2/h6-7,9-10,13,15,22H,2-5,8,11-12,14H2,1H3,(H,23,24,28);1-2H3. The van der Waals surface area contributed by atoms with Crippen molar-refractivity contribution in [2.45, 2.75) is 46.5 Å². The molecule has 1 saturated heterocycles. The number of hydrogen-bond donors (Lipinski definition) is 2. The van der Waals surface area contributed by atoms with Crippen LogP contribution in [0.3, 0.4) is 0 Å². The molecule has 2 aliphatic heterocycles. The van der Waals surface area contributed by atoms with E-state index in [1.807, 2.05) is 19.9 Å². The average Bonchev–Trinajstić information content (AvgIpc) is 2.76. The van der Waals surface area contributed by atoms with Gasteiger partial charge < -0.3 is 10.2 Å². The van der Waals surface area contributed by atoms with Gasteiger partial charge in [0.2, 0.25) is 0 Å². The minimum atomic E-state index is -0.234. The predicted octanol–water partition coefficient (Wildman–Crippen LogP) is 4.38. The first-order valence-electron chi connectivity index (χ1n) is 11.0. The van der Waals surface area contributed by atoms with Crippen molar-refractivity contribution >= 4 is 29.2 Å². The SMILES string of the molecule is CC.CC1CCCN(c2ccc3c(n2)N(C(=O)Nc2cnccn2)CCCCN3)C1. The molecule has 0 aliphatic carbocycles. The van der Waals surface area contributed by atoms with Crippen molar-refractivity contribution in [1.29, 1.82) is 0 Å². The number of anilines is 4. The zero-order valence-electron chi connectivity index (χ0n) is 18.3. The molecule has 162 valence electrons. The van der Waals surface area contributed by atoms with E-state index >= 15 is 0 Å². The second kappa shape index (κ2) is 10.8. The largest absolute Gasteiger partial charge is 0.382 e. The Morgan fingerprint density at radius 2 is 2.03 bits per heavy atom. The number of carbonyl (C=O) groups excluding carboxylic acids is 1. The Balaban J connectivity index is 0.00000124. The normalized spacial score (nSPS) is 18.7. The number of nitrogens with zero attached hydrogens (tertiary/aromatic N) is 5. The van der Waals surface area contributed by atoms with Crippen LogP contribution in [0.25, 0.3) is 0 Å². The van der Waals surface area contributed by atoms with E-state index in [9.17, 15) is 4.79 Å². The van der Waals surface area contributed by atoms with Gasteiger partial charge in [0.25, 0.3) is 0 Å². The maximum Gasteiger partial charge on any atom is 0.328 e. The lowest BCUT2D eigenvalue weighted by atomic mass is 10.0. The fraction of sp³-hybridized carbons (Fsp3) is 0.545. The minimum Gasteiger partial charge on any atom is -0.382 e. The first kappa shape index (κ1) is 21.8. The lowest BCUT2D eigenvalue weighted by molar-refractivity contribution is 0.256. The molecular formula is C22H33N7O. The second-order valence-electron chi connectivity index (χ2n) is 7.54. The Morgan fingerprint density at radius 3 is 2.80 bits per heavy atom. The zero-order chi connectivity index (χ0) is 21.3. The second-order valence-corrected chi connectivity index (χ2v) is 7.54. The van der Waals surface area contributed by atoms with Gasteiger partial charge in [0.1, 0.15) is 5.82 Å². The molecule has 1 atom stereocenters. The third-order valence-electron chi connectivity index (χ3n) is 5.26. The lowest BCUT2D eigenvalue weighted by Gasteiger charge is -2.33. The summed E-state index contributed by atoms with van der Waals surface area (Å²) in [7, 11) is 0. The Bertz CT molecular complexity index is 814. The molecular weight excluding hydrogens is 378 g/mol. The highest BCUT2D eigenvalue weighted by Crippen LogP contribution is 2.31. The van der Waals surface area contributed by atoms with Crippen LogP contribution in [0.1, 0.15) is 46.5 Å². The summed E-state index contributed by atoms with van der Waals surface area (Å²) in [6.45, 7) is 9.80. The van der Waals surface area contributed by atoms with Gasteiger partial charge in [0.15, 0.2) is 11.6 Å². The molecule has 2 aromatic rings. The third kappa shape index (κ3) is 5.37. The van der Waals surface area contributed by atoms with Crippen molar-refractivity contribution in [2.75, 3.05) is 46.6 Å². The van der Waals surface area contributed by atoms with Crippen molar-refractivity contribution in [1.82, 2.24) is 15.0 Å². The maximum absolute atomic E-state index is 13.0. The van der Waals surface area contributed by atoms with Crippen molar-refractivity contribution < 1.29 is 4.79 Å². The molecule has 0 spiro atoms. The predicted molar refractivity (Wildman–Crippen MR) is 122 cm³/mol. The van der Waals surface area contributed by atoms with E-state index in [-0.39, 0.29) is 6.03 Å². The van der Waals surface area contributed by atoms with Gasteiger partial charge in [-0.05, 0) is 43.7 Å². The Hall–Kier alpha value is -2.90. The van der Waals surface area contributed by atoms with E-state index < -0.39 is 0 Å². The molecule has 4 rings (SSSR count). The number of rotatable bonds is 2. The molecule has 0 saturated carbocycles. The first-order valence-corrected chi connectivity index (χ1v) is 11.0. The van der Waals surface area contributed by atoms with E-state index in [1.54, 1.807) is 23.5 Å². The Kier molecular flexibility index (Phi) is 7.82. The topological polar surface area (TPSA) is 86.3 Å². The zero-order valence-corrected chi connectivity index (χ0v) is 18.3. The molecule has 0 bridgehead atoms. The summed E-state index contributed by atoms with van der Waals surface area (Å²) in [4.78, 5) is 30.1. The summed E-state index contributed by atoms with van der Waals surface area (Å²) in [5.41, 5.74) is 0.891. The molecule has 1 unspecified atom stereocenters. The van der Waals surface area contributed by atoms with Gasteiger partial charge in [-0.1, -0.05) is 20.8 Å². The number of piperidine rings is 1. The number of aromatic nitrogens is 3. The van der Waals surface area contributed by atoms with Gasteiger partial charge in [0.05, 0.1) is 11.9 Å². The summed E-state index contributed by atoms with van der Waals surface area (Å²) in [6.07, 6.45) is 9.03. The molecule has 2 N–H and O–H groups in total. The van der Waals surface area contributed by atoms with Crippen LogP contribution < -0.4 is 20.4 Å². The number of fused-ring (bicyclic) bond motifs is 1. The number of urea groups is 1. The first-order chi connectivity index (χ1) is 14.7. The van der Waals surface area contributed by atoms with E-state index in [2.05, 4.69) is 38.5 Å². The number of hydrogen-bond acceptors (Lipinski definition) is 6. The van der Waals surface area contributed by atoms with Crippen molar-refractivity contribution in [2.24, 2.45) is 5.92 Å². The maximum atomic E-state index is 13.0. The Labute approximate surface area is 179 Å². The van der Waals surface area contributed by atoms with Gasteiger partial charge in [-0.2, -0.15) is 0 Å². The highest BCUT2D eigenvalue weighted by atomic mass is 16.2. The molecule has 8 heteroatoms. The van der Waals surface area contributed by atoms with Gasteiger partial charge >= 0.3 is 6.03 Å². The fourth-order valence-electron chi connectivity index (χ4n) is 3.82. The minimum absolute atomic E-state index is 0.234. The quantitative estimate of drug-likeness (QED) is 0.763. The van der Waals surface area contributed by atoms with E-state index in [0.29, 0.717) is 24.1 Å². The number of nitrogens with one attached hydrogen (secondary N) is 2. The molecule has 2 aromatic heterocycles. The van der Waals surface area contributed by atoms with Crippen LogP contribution in [0.2, 0.25) is 0 Å². The van der Waals surface area contributed by atoms with Crippen LogP contribution in [0, 0.1) is 5.92 Å². The van der Waals surface area contributed by atoms with Gasteiger partial charge in [-0.25, -0.2) is 14.8 Å². The van der Waals surface area contributed by atoms with E-state index in [4.69, 9.17) is 4.98 Å². The van der Waals surface area contributed by atoms with Gasteiger partial charge in [-0.15, -0.1) is 0 Å².